The Kier molecular flexibility index (Phi) is 4.73. The van der Waals surface area contributed by atoms with Crippen LogP contribution in [0.15, 0.2) is 17.2 Å². The zero-order valence-electron chi connectivity index (χ0n) is 11.5. The summed E-state index contributed by atoms with van der Waals surface area (Å²) < 4.78 is 6.92. The van der Waals surface area contributed by atoms with E-state index in [2.05, 4.69) is 4.98 Å². The molecule has 1 unspecified atom stereocenters. The van der Waals surface area contributed by atoms with E-state index >= 15 is 0 Å². The summed E-state index contributed by atoms with van der Waals surface area (Å²) in [4.78, 5) is 29.2. The number of morpholine rings is 1. The van der Waals surface area contributed by atoms with Crippen LogP contribution in [0.25, 0.3) is 0 Å². The van der Waals surface area contributed by atoms with Crippen molar-refractivity contribution < 1.29 is 14.6 Å². The fourth-order valence-electron chi connectivity index (χ4n) is 2.35. The number of anilines is 1. The van der Waals surface area contributed by atoms with Crippen LogP contribution < -0.4 is 10.5 Å². The summed E-state index contributed by atoms with van der Waals surface area (Å²) in [5, 5.41) is 8.95. The van der Waals surface area contributed by atoms with E-state index in [0.717, 1.165) is 6.42 Å². The monoisotopic (exact) mass is 281 g/mol. The van der Waals surface area contributed by atoms with Gasteiger partial charge in [-0.1, -0.05) is 6.92 Å². The molecule has 1 atom stereocenters. The first-order valence-electron chi connectivity index (χ1n) is 6.75. The predicted molar refractivity (Wildman–Crippen MR) is 73.0 cm³/mol. The van der Waals surface area contributed by atoms with Gasteiger partial charge in [0.25, 0.3) is 5.56 Å². The summed E-state index contributed by atoms with van der Waals surface area (Å²) in [6.07, 6.45) is 4.02. The first kappa shape index (κ1) is 14.5. The molecule has 2 rings (SSSR count). The molecule has 0 aliphatic carbocycles. The second kappa shape index (κ2) is 6.51. The van der Waals surface area contributed by atoms with Crippen LogP contribution in [0.4, 0.5) is 5.82 Å². The number of ether oxygens (including phenoxy) is 1. The maximum absolute atomic E-state index is 12.4. The van der Waals surface area contributed by atoms with E-state index in [0.29, 0.717) is 32.1 Å². The van der Waals surface area contributed by atoms with Gasteiger partial charge in [0.2, 0.25) is 0 Å². The lowest BCUT2D eigenvalue weighted by atomic mass is 10.1. The molecular weight excluding hydrogens is 262 g/mol. The molecule has 0 saturated carbocycles. The normalized spacial score (nSPS) is 19.1. The lowest BCUT2D eigenvalue weighted by Gasteiger charge is -2.35. The Morgan fingerprint density at radius 1 is 1.60 bits per heavy atom. The first-order chi connectivity index (χ1) is 9.63. The average Bonchev–Trinajstić information content (AvgIpc) is 2.42. The van der Waals surface area contributed by atoms with E-state index < -0.39 is 5.97 Å². The summed E-state index contributed by atoms with van der Waals surface area (Å²) in [5.74, 6) is -0.592. The fraction of sp³-hybridized carbons (Fsp3) is 0.615. The van der Waals surface area contributed by atoms with Gasteiger partial charge < -0.3 is 19.3 Å². The van der Waals surface area contributed by atoms with Crippen molar-refractivity contribution in [1.82, 2.24) is 9.55 Å². The fourth-order valence-corrected chi connectivity index (χ4v) is 2.35. The van der Waals surface area contributed by atoms with Gasteiger partial charge in [0.15, 0.2) is 5.82 Å². The van der Waals surface area contributed by atoms with E-state index in [4.69, 9.17) is 9.84 Å². The van der Waals surface area contributed by atoms with Gasteiger partial charge in [0.1, 0.15) is 0 Å². The van der Waals surface area contributed by atoms with Gasteiger partial charge >= 0.3 is 5.97 Å². The molecule has 1 fully saturated rings. The van der Waals surface area contributed by atoms with Crippen molar-refractivity contribution in [2.45, 2.75) is 32.4 Å². The summed E-state index contributed by atoms with van der Waals surface area (Å²) in [5.41, 5.74) is -0.174. The first-order valence-corrected chi connectivity index (χ1v) is 6.75. The summed E-state index contributed by atoms with van der Waals surface area (Å²) >= 11 is 0. The van der Waals surface area contributed by atoms with Gasteiger partial charge in [-0.05, 0) is 6.42 Å². The Bertz CT molecular complexity index is 529. The summed E-state index contributed by atoms with van der Waals surface area (Å²) in [7, 11) is 0. The van der Waals surface area contributed by atoms with Gasteiger partial charge in [-0.15, -0.1) is 0 Å². The third kappa shape index (κ3) is 3.16. The van der Waals surface area contributed by atoms with Crippen LogP contribution >= 0.6 is 0 Å². The number of carboxylic acids is 1. The van der Waals surface area contributed by atoms with Crippen LogP contribution in [0.1, 0.15) is 19.8 Å². The van der Waals surface area contributed by atoms with Crippen molar-refractivity contribution in [3.05, 3.63) is 22.7 Å². The SMILES string of the molecule is CCCn1ccnc(N2CCOCC2CC(=O)O)c1=O. The molecule has 1 aromatic heterocycles. The zero-order valence-corrected chi connectivity index (χ0v) is 11.5. The quantitative estimate of drug-likeness (QED) is 0.837. The lowest BCUT2D eigenvalue weighted by molar-refractivity contribution is -0.138. The zero-order chi connectivity index (χ0) is 14.5. The van der Waals surface area contributed by atoms with Gasteiger partial charge in [0.05, 0.1) is 25.7 Å². The number of carboxylic acid groups (broad SMARTS) is 1. The molecule has 1 aliphatic heterocycles. The highest BCUT2D eigenvalue weighted by molar-refractivity contribution is 5.68. The van der Waals surface area contributed by atoms with E-state index in [-0.39, 0.29) is 18.0 Å². The van der Waals surface area contributed by atoms with Crippen LogP contribution in [0.3, 0.4) is 0 Å². The minimum Gasteiger partial charge on any atom is -0.481 e. The molecular formula is C13H19N3O4. The van der Waals surface area contributed by atoms with E-state index in [1.54, 1.807) is 21.9 Å². The standard InChI is InChI=1S/C13H19N3O4/c1-2-4-15-5-3-14-12(13(15)19)16-6-7-20-9-10(16)8-11(17)18/h3,5,10H,2,4,6-9H2,1H3,(H,17,18). The highest BCUT2D eigenvalue weighted by Crippen LogP contribution is 2.16. The van der Waals surface area contributed by atoms with E-state index in [9.17, 15) is 9.59 Å². The largest absolute Gasteiger partial charge is 0.481 e. The molecule has 0 amide bonds. The molecule has 110 valence electrons. The Balaban J connectivity index is 2.30. The van der Waals surface area contributed by atoms with Gasteiger partial charge in [-0.2, -0.15) is 0 Å². The molecule has 1 aromatic rings. The van der Waals surface area contributed by atoms with Crippen molar-refractivity contribution in [2.75, 3.05) is 24.7 Å². The van der Waals surface area contributed by atoms with Crippen molar-refractivity contribution in [3.63, 3.8) is 0 Å². The van der Waals surface area contributed by atoms with E-state index in [1.165, 1.54) is 0 Å². The number of carbonyl (C=O) groups is 1. The van der Waals surface area contributed by atoms with Gasteiger partial charge in [-0.3, -0.25) is 9.59 Å². The highest BCUT2D eigenvalue weighted by Gasteiger charge is 2.28. The molecule has 2 heterocycles. The second-order valence-corrected chi connectivity index (χ2v) is 4.77. The van der Waals surface area contributed by atoms with E-state index in [1.807, 2.05) is 6.92 Å². The van der Waals surface area contributed by atoms with Gasteiger partial charge in [-0.25, -0.2) is 4.98 Å². The Morgan fingerprint density at radius 3 is 3.10 bits per heavy atom. The van der Waals surface area contributed by atoms with Crippen molar-refractivity contribution in [2.24, 2.45) is 0 Å². The summed E-state index contributed by atoms with van der Waals surface area (Å²) in [6, 6.07) is -0.348. The average molecular weight is 281 g/mol. The third-order valence-electron chi connectivity index (χ3n) is 3.27. The number of aryl methyl sites for hydroxylation is 1. The van der Waals surface area contributed by atoms with Gasteiger partial charge in [0, 0.05) is 25.5 Å². The van der Waals surface area contributed by atoms with Crippen molar-refractivity contribution >= 4 is 11.8 Å². The Morgan fingerprint density at radius 2 is 2.40 bits per heavy atom. The maximum atomic E-state index is 12.4. The minimum absolute atomic E-state index is 0.0657. The number of hydrogen-bond acceptors (Lipinski definition) is 5. The molecule has 20 heavy (non-hydrogen) atoms. The van der Waals surface area contributed by atoms with Crippen molar-refractivity contribution in [1.29, 1.82) is 0 Å². The number of hydrogen-bond donors (Lipinski definition) is 1. The smallest absolute Gasteiger partial charge is 0.305 e. The molecule has 1 N–H and O–H groups in total. The molecule has 7 heteroatoms. The van der Waals surface area contributed by atoms with Crippen LogP contribution in [0, 0.1) is 0 Å². The Hall–Kier alpha value is -1.89. The number of aromatic nitrogens is 2. The second-order valence-electron chi connectivity index (χ2n) is 4.77. The highest BCUT2D eigenvalue weighted by atomic mass is 16.5. The van der Waals surface area contributed by atoms with Crippen LogP contribution in [-0.4, -0.2) is 46.4 Å². The number of aliphatic carboxylic acids is 1. The van der Waals surface area contributed by atoms with Crippen LogP contribution in [0.5, 0.6) is 0 Å². The molecule has 0 spiro atoms. The minimum atomic E-state index is -0.907. The lowest BCUT2D eigenvalue weighted by Crippen LogP contribution is -2.49. The maximum Gasteiger partial charge on any atom is 0.305 e. The molecule has 0 radical (unpaired) electrons. The van der Waals surface area contributed by atoms with Crippen LogP contribution in [-0.2, 0) is 16.1 Å². The predicted octanol–water partition coefficient (Wildman–Crippen LogP) is 0.333. The molecule has 1 aliphatic rings. The number of nitrogens with zero attached hydrogens (tertiary/aromatic N) is 3. The topological polar surface area (TPSA) is 84.7 Å². The van der Waals surface area contributed by atoms with Crippen LogP contribution in [0.2, 0.25) is 0 Å². The molecule has 0 aromatic carbocycles. The Labute approximate surface area is 116 Å². The third-order valence-corrected chi connectivity index (χ3v) is 3.27. The van der Waals surface area contributed by atoms with Crippen molar-refractivity contribution in [3.8, 4) is 0 Å². The summed E-state index contributed by atoms with van der Waals surface area (Å²) in [6.45, 7) is 3.88. The molecule has 1 saturated heterocycles. The molecule has 7 nitrogen and oxygen atoms in total. The molecule has 0 bridgehead atoms. The number of rotatable bonds is 5.